The van der Waals surface area contributed by atoms with E-state index in [1.54, 1.807) is 13.8 Å². The van der Waals surface area contributed by atoms with E-state index in [2.05, 4.69) is 9.97 Å². The molecule has 0 radical (unpaired) electrons. The first-order valence-corrected chi connectivity index (χ1v) is 4.06. The first kappa shape index (κ1) is 13.5. The van der Waals surface area contributed by atoms with Crippen LogP contribution in [0.4, 0.5) is 8.78 Å². The summed E-state index contributed by atoms with van der Waals surface area (Å²) >= 11 is 0. The van der Waals surface area contributed by atoms with Crippen molar-refractivity contribution < 1.29 is 8.78 Å². The van der Waals surface area contributed by atoms with Crippen molar-refractivity contribution in [3.8, 4) is 0 Å². The Labute approximate surface area is 91.9 Å². The molecule has 1 atom stereocenters. The van der Waals surface area contributed by atoms with Crippen LogP contribution in [0, 0.1) is 13.8 Å². The van der Waals surface area contributed by atoms with E-state index < -0.39 is 12.5 Å². The second kappa shape index (κ2) is 5.41. The van der Waals surface area contributed by atoms with Gasteiger partial charge in [0.15, 0.2) is 0 Å². The van der Waals surface area contributed by atoms with E-state index in [1.165, 1.54) is 0 Å². The Balaban J connectivity index is 0.00000169. The number of hydrogen-bond donors (Lipinski definition) is 2. The van der Waals surface area contributed by atoms with Crippen LogP contribution in [0.3, 0.4) is 0 Å². The number of nitrogens with two attached hydrogens (primary N) is 1. The van der Waals surface area contributed by atoms with Crippen LogP contribution in [0.25, 0.3) is 0 Å². The summed E-state index contributed by atoms with van der Waals surface area (Å²) in [6.07, 6.45) is -2.34. The number of aromatic nitrogens is 2. The average molecular weight is 270 g/mol. The number of H-pyrrole nitrogens is 1. The minimum absolute atomic E-state index is 0. The molecule has 0 amide bonds. The van der Waals surface area contributed by atoms with Gasteiger partial charge in [0.2, 0.25) is 0 Å². The fourth-order valence-corrected chi connectivity index (χ4v) is 1.18. The number of aryl methyl sites for hydroxylation is 2. The highest BCUT2D eigenvalue weighted by atomic mass is 79.9. The molecule has 1 aromatic heterocycles. The number of halogens is 3. The molecule has 1 aromatic rings. The van der Waals surface area contributed by atoms with Gasteiger partial charge in [-0.15, -0.1) is 17.0 Å². The van der Waals surface area contributed by atoms with Crippen LogP contribution in [0.15, 0.2) is 0 Å². The fraction of sp³-hybridized carbons (Fsp3) is 0.625. The summed E-state index contributed by atoms with van der Waals surface area (Å²) in [7, 11) is 0. The van der Waals surface area contributed by atoms with E-state index in [-0.39, 0.29) is 23.4 Å². The largest absolute Gasteiger partial charge is 0.346 e. The summed E-state index contributed by atoms with van der Waals surface area (Å²) in [6.45, 7) is 3.56. The summed E-state index contributed by atoms with van der Waals surface area (Å²) in [5.41, 5.74) is 6.67. The smallest absolute Gasteiger partial charge is 0.253 e. The normalized spacial score (nSPS) is 12.7. The van der Waals surface area contributed by atoms with Crippen LogP contribution >= 0.6 is 17.0 Å². The van der Waals surface area contributed by atoms with Crippen molar-refractivity contribution in [2.75, 3.05) is 0 Å². The molecule has 0 saturated heterocycles. The lowest BCUT2D eigenvalue weighted by molar-refractivity contribution is 0.115. The Kier molecular flexibility index (Phi) is 5.22. The molecule has 82 valence electrons. The topological polar surface area (TPSA) is 54.7 Å². The van der Waals surface area contributed by atoms with E-state index in [0.29, 0.717) is 5.69 Å². The minimum atomic E-state index is -2.48. The number of aromatic amines is 1. The number of nitrogens with zero attached hydrogens (tertiary/aromatic N) is 1. The molecule has 6 heteroatoms. The minimum Gasteiger partial charge on any atom is -0.346 e. The van der Waals surface area contributed by atoms with E-state index in [1.807, 2.05) is 0 Å². The van der Waals surface area contributed by atoms with Crippen molar-refractivity contribution >= 4 is 17.0 Å². The SMILES string of the molecule is Br.Cc1nc(C)c(CC(N)C(F)F)[nH]1. The van der Waals surface area contributed by atoms with Crippen LogP contribution in [-0.2, 0) is 6.42 Å². The molecule has 1 rings (SSSR count). The molecule has 1 unspecified atom stereocenters. The van der Waals surface area contributed by atoms with Gasteiger partial charge in [0.1, 0.15) is 5.82 Å². The number of alkyl halides is 2. The molecule has 14 heavy (non-hydrogen) atoms. The second-order valence-corrected chi connectivity index (χ2v) is 3.09. The molecule has 0 fully saturated rings. The van der Waals surface area contributed by atoms with E-state index in [4.69, 9.17) is 5.73 Å². The average Bonchev–Trinajstić information content (AvgIpc) is 2.30. The molecule has 0 aliphatic rings. The van der Waals surface area contributed by atoms with Crippen molar-refractivity contribution in [1.29, 1.82) is 0 Å². The Morgan fingerprint density at radius 1 is 1.43 bits per heavy atom. The van der Waals surface area contributed by atoms with Gasteiger partial charge in [-0.05, 0) is 13.8 Å². The Hall–Kier alpha value is -0.490. The highest BCUT2D eigenvalue weighted by molar-refractivity contribution is 8.93. The van der Waals surface area contributed by atoms with Crippen LogP contribution in [0.2, 0.25) is 0 Å². The highest BCUT2D eigenvalue weighted by Crippen LogP contribution is 2.09. The molecule has 0 bridgehead atoms. The standard InChI is InChI=1S/C8H13F2N3.BrH/c1-4-7(13-5(2)12-4)3-6(11)8(9)10;/h6,8H,3,11H2,1-2H3,(H,12,13);1H. The molecule has 0 spiro atoms. The maximum Gasteiger partial charge on any atom is 0.253 e. The lowest BCUT2D eigenvalue weighted by atomic mass is 10.1. The van der Waals surface area contributed by atoms with Gasteiger partial charge in [0, 0.05) is 12.1 Å². The molecule has 0 aliphatic heterocycles. The van der Waals surface area contributed by atoms with Crippen molar-refractivity contribution in [2.45, 2.75) is 32.7 Å². The Bertz CT molecular complexity index is 288. The van der Waals surface area contributed by atoms with Crippen molar-refractivity contribution in [3.63, 3.8) is 0 Å². The Morgan fingerprint density at radius 3 is 2.36 bits per heavy atom. The summed E-state index contributed by atoms with van der Waals surface area (Å²) in [4.78, 5) is 6.97. The summed E-state index contributed by atoms with van der Waals surface area (Å²) in [5, 5.41) is 0. The molecule has 3 N–H and O–H groups in total. The first-order valence-electron chi connectivity index (χ1n) is 4.06. The molecule has 0 aromatic carbocycles. The quantitative estimate of drug-likeness (QED) is 0.879. The zero-order chi connectivity index (χ0) is 10.0. The zero-order valence-electron chi connectivity index (χ0n) is 8.05. The van der Waals surface area contributed by atoms with Gasteiger partial charge >= 0.3 is 0 Å². The van der Waals surface area contributed by atoms with Crippen LogP contribution in [0.1, 0.15) is 17.2 Å². The van der Waals surface area contributed by atoms with Crippen LogP contribution < -0.4 is 5.73 Å². The van der Waals surface area contributed by atoms with Crippen LogP contribution in [-0.4, -0.2) is 22.4 Å². The van der Waals surface area contributed by atoms with E-state index >= 15 is 0 Å². The second-order valence-electron chi connectivity index (χ2n) is 3.09. The van der Waals surface area contributed by atoms with Gasteiger partial charge in [-0.3, -0.25) is 0 Å². The van der Waals surface area contributed by atoms with Gasteiger partial charge in [0.25, 0.3) is 6.43 Å². The molecular weight excluding hydrogens is 256 g/mol. The third kappa shape index (κ3) is 3.34. The summed E-state index contributed by atoms with van der Waals surface area (Å²) < 4.78 is 24.2. The summed E-state index contributed by atoms with van der Waals surface area (Å²) in [6, 6.07) is -1.11. The third-order valence-electron chi connectivity index (χ3n) is 1.87. The molecule has 1 heterocycles. The summed E-state index contributed by atoms with van der Waals surface area (Å²) in [5.74, 6) is 0.731. The number of hydrogen-bond acceptors (Lipinski definition) is 2. The number of rotatable bonds is 3. The van der Waals surface area contributed by atoms with Crippen molar-refractivity contribution in [2.24, 2.45) is 5.73 Å². The van der Waals surface area contributed by atoms with E-state index in [9.17, 15) is 8.78 Å². The predicted molar refractivity (Wildman–Crippen MR) is 56.1 cm³/mol. The first-order chi connectivity index (χ1) is 6.00. The van der Waals surface area contributed by atoms with Crippen molar-refractivity contribution in [1.82, 2.24) is 9.97 Å². The highest BCUT2D eigenvalue weighted by Gasteiger charge is 2.17. The zero-order valence-corrected chi connectivity index (χ0v) is 9.76. The van der Waals surface area contributed by atoms with Crippen molar-refractivity contribution in [3.05, 3.63) is 17.2 Å². The Morgan fingerprint density at radius 2 is 2.00 bits per heavy atom. The van der Waals surface area contributed by atoms with Gasteiger partial charge in [-0.25, -0.2) is 13.8 Å². The van der Waals surface area contributed by atoms with Gasteiger partial charge < -0.3 is 10.7 Å². The lowest BCUT2D eigenvalue weighted by Crippen LogP contribution is -2.31. The van der Waals surface area contributed by atoms with Crippen LogP contribution in [0.5, 0.6) is 0 Å². The number of imidazole rings is 1. The fourth-order valence-electron chi connectivity index (χ4n) is 1.18. The third-order valence-corrected chi connectivity index (χ3v) is 1.87. The van der Waals surface area contributed by atoms with Gasteiger partial charge in [-0.2, -0.15) is 0 Å². The number of nitrogens with one attached hydrogen (secondary N) is 1. The predicted octanol–water partition coefficient (Wildman–Crippen LogP) is 1.74. The van der Waals surface area contributed by atoms with Gasteiger partial charge in [-0.1, -0.05) is 0 Å². The molecule has 3 nitrogen and oxygen atoms in total. The molecule has 0 saturated carbocycles. The maximum atomic E-state index is 12.1. The monoisotopic (exact) mass is 269 g/mol. The lowest BCUT2D eigenvalue weighted by Gasteiger charge is -2.08. The van der Waals surface area contributed by atoms with Gasteiger partial charge in [0.05, 0.1) is 11.7 Å². The molecular formula is C8H14BrF2N3. The van der Waals surface area contributed by atoms with E-state index in [0.717, 1.165) is 11.5 Å². The maximum absolute atomic E-state index is 12.1. The molecule has 0 aliphatic carbocycles.